The van der Waals surface area contributed by atoms with E-state index in [-0.39, 0.29) is 18.6 Å². The summed E-state index contributed by atoms with van der Waals surface area (Å²) in [4.78, 5) is 22.0. The number of benzene rings is 1. The van der Waals surface area contributed by atoms with E-state index in [4.69, 9.17) is 9.84 Å². The normalized spacial score (nSPS) is 11.7. The highest BCUT2D eigenvalue weighted by Gasteiger charge is 2.15. The number of amides is 1. The van der Waals surface area contributed by atoms with Crippen LogP contribution in [0.3, 0.4) is 0 Å². The van der Waals surface area contributed by atoms with Crippen molar-refractivity contribution in [2.75, 3.05) is 7.11 Å². The van der Waals surface area contributed by atoms with Gasteiger partial charge in [0.05, 0.1) is 7.11 Å². The van der Waals surface area contributed by atoms with Crippen molar-refractivity contribution in [3.8, 4) is 5.75 Å². The number of aryl methyl sites for hydroxylation is 1. The molecule has 0 aromatic heterocycles. The van der Waals surface area contributed by atoms with E-state index in [1.807, 2.05) is 0 Å². The minimum Gasteiger partial charge on any atom is -0.494 e. The van der Waals surface area contributed by atoms with Gasteiger partial charge in [0.25, 0.3) is 0 Å². The maximum absolute atomic E-state index is 13.8. The summed E-state index contributed by atoms with van der Waals surface area (Å²) >= 11 is 0. The molecule has 1 unspecified atom stereocenters. The summed E-state index contributed by atoms with van der Waals surface area (Å²) in [7, 11) is 1.36. The number of hydrogen-bond donors (Lipinski definition) is 2. The first-order valence-corrected chi connectivity index (χ1v) is 5.79. The molecule has 0 aliphatic carbocycles. The zero-order valence-corrected chi connectivity index (χ0v) is 10.8. The van der Waals surface area contributed by atoms with Gasteiger partial charge in [0.15, 0.2) is 11.6 Å². The van der Waals surface area contributed by atoms with E-state index in [1.165, 1.54) is 20.1 Å². The summed E-state index contributed by atoms with van der Waals surface area (Å²) in [5.41, 5.74) is 0.359. The van der Waals surface area contributed by atoms with Crippen LogP contribution in [-0.4, -0.2) is 30.1 Å². The number of aliphatic carboxylic acids is 1. The van der Waals surface area contributed by atoms with Crippen molar-refractivity contribution in [1.29, 1.82) is 0 Å². The summed E-state index contributed by atoms with van der Waals surface area (Å²) in [5.74, 6) is -1.92. The van der Waals surface area contributed by atoms with E-state index >= 15 is 0 Å². The maximum Gasteiger partial charge on any atom is 0.325 e. The Labute approximate surface area is 110 Å². The Morgan fingerprint density at radius 3 is 2.74 bits per heavy atom. The maximum atomic E-state index is 13.8. The predicted molar refractivity (Wildman–Crippen MR) is 66.5 cm³/mol. The average Bonchev–Trinajstić information content (AvgIpc) is 2.37. The summed E-state index contributed by atoms with van der Waals surface area (Å²) in [5, 5.41) is 10.9. The molecular weight excluding hydrogens is 253 g/mol. The molecular formula is C13H16FNO4. The van der Waals surface area contributed by atoms with Gasteiger partial charge in [-0.1, -0.05) is 12.1 Å². The molecule has 1 amide bonds. The summed E-state index contributed by atoms with van der Waals surface area (Å²) in [6.45, 7) is 1.37. The van der Waals surface area contributed by atoms with Crippen molar-refractivity contribution in [3.05, 3.63) is 29.6 Å². The number of carbonyl (C=O) groups is 2. The Bertz CT molecular complexity index is 476. The fourth-order valence-corrected chi connectivity index (χ4v) is 1.53. The second kappa shape index (κ2) is 6.72. The van der Waals surface area contributed by atoms with Gasteiger partial charge in [-0.25, -0.2) is 4.39 Å². The summed E-state index contributed by atoms with van der Waals surface area (Å²) in [6, 6.07) is 3.73. The Hall–Kier alpha value is -2.11. The van der Waals surface area contributed by atoms with Crippen LogP contribution in [0.4, 0.5) is 4.39 Å². The molecule has 1 aromatic carbocycles. The third-order valence-electron chi connectivity index (χ3n) is 2.63. The Morgan fingerprint density at radius 1 is 1.47 bits per heavy atom. The van der Waals surface area contributed by atoms with Crippen LogP contribution in [0.15, 0.2) is 18.2 Å². The van der Waals surface area contributed by atoms with Gasteiger partial charge in [-0.15, -0.1) is 0 Å². The van der Waals surface area contributed by atoms with E-state index in [1.54, 1.807) is 12.1 Å². The Balaban J connectivity index is 2.58. The highest BCUT2D eigenvalue weighted by atomic mass is 19.1. The number of halogens is 1. The van der Waals surface area contributed by atoms with Gasteiger partial charge < -0.3 is 15.2 Å². The molecule has 0 heterocycles. The van der Waals surface area contributed by atoms with Crippen molar-refractivity contribution >= 4 is 11.9 Å². The molecule has 1 atom stereocenters. The highest BCUT2D eigenvalue weighted by molar-refractivity contribution is 5.83. The van der Waals surface area contributed by atoms with Crippen LogP contribution in [0.2, 0.25) is 0 Å². The van der Waals surface area contributed by atoms with Crippen molar-refractivity contribution < 1.29 is 23.8 Å². The van der Waals surface area contributed by atoms with Crippen molar-refractivity contribution in [2.45, 2.75) is 25.8 Å². The molecule has 0 fully saturated rings. The molecule has 19 heavy (non-hydrogen) atoms. The van der Waals surface area contributed by atoms with Gasteiger partial charge in [-0.05, 0) is 25.0 Å². The van der Waals surface area contributed by atoms with Crippen molar-refractivity contribution in [2.24, 2.45) is 0 Å². The van der Waals surface area contributed by atoms with E-state index in [2.05, 4.69) is 5.32 Å². The van der Waals surface area contributed by atoms with Gasteiger partial charge in [0.2, 0.25) is 5.91 Å². The highest BCUT2D eigenvalue weighted by Crippen LogP contribution is 2.20. The minimum atomic E-state index is -1.11. The molecule has 0 bridgehead atoms. The number of hydrogen-bond acceptors (Lipinski definition) is 3. The second-order valence-electron chi connectivity index (χ2n) is 4.06. The Kier molecular flexibility index (Phi) is 5.29. The first kappa shape index (κ1) is 14.9. The van der Waals surface area contributed by atoms with Gasteiger partial charge in [0, 0.05) is 6.42 Å². The first-order chi connectivity index (χ1) is 8.95. The predicted octanol–water partition coefficient (Wildman–Crippen LogP) is 1.36. The SMILES string of the molecule is COc1cccc(CCC(=O)NC(C)C(=O)O)c1F. The van der Waals surface area contributed by atoms with Crippen molar-refractivity contribution in [3.63, 3.8) is 0 Å². The quantitative estimate of drug-likeness (QED) is 0.817. The molecule has 0 aliphatic rings. The zero-order valence-electron chi connectivity index (χ0n) is 10.8. The smallest absolute Gasteiger partial charge is 0.325 e. The second-order valence-corrected chi connectivity index (χ2v) is 4.06. The standard InChI is InChI=1S/C13H16FNO4/c1-8(13(17)18)15-11(16)7-6-9-4-3-5-10(19-2)12(9)14/h3-5,8H,6-7H2,1-2H3,(H,15,16)(H,17,18). The number of ether oxygens (including phenoxy) is 1. The number of rotatable bonds is 6. The van der Waals surface area contributed by atoms with Crippen LogP contribution in [0.25, 0.3) is 0 Å². The molecule has 5 nitrogen and oxygen atoms in total. The average molecular weight is 269 g/mol. The van der Waals surface area contributed by atoms with Gasteiger partial charge in [-0.3, -0.25) is 9.59 Å². The summed E-state index contributed by atoms with van der Waals surface area (Å²) < 4.78 is 18.6. The molecule has 0 spiro atoms. The van der Waals surface area contributed by atoms with Gasteiger partial charge in [-0.2, -0.15) is 0 Å². The lowest BCUT2D eigenvalue weighted by Gasteiger charge is -2.10. The minimum absolute atomic E-state index is 0.0156. The number of carboxylic acid groups (broad SMARTS) is 1. The van der Waals surface area contributed by atoms with Crippen molar-refractivity contribution in [1.82, 2.24) is 5.32 Å². The number of carboxylic acids is 1. The molecule has 0 saturated carbocycles. The molecule has 0 saturated heterocycles. The molecule has 1 aromatic rings. The largest absolute Gasteiger partial charge is 0.494 e. The first-order valence-electron chi connectivity index (χ1n) is 5.79. The van der Waals surface area contributed by atoms with Gasteiger partial charge >= 0.3 is 5.97 Å². The fraction of sp³-hybridized carbons (Fsp3) is 0.385. The zero-order chi connectivity index (χ0) is 14.4. The number of nitrogens with one attached hydrogen (secondary N) is 1. The van der Waals surface area contributed by atoms with Crippen LogP contribution in [0.5, 0.6) is 5.75 Å². The monoisotopic (exact) mass is 269 g/mol. The molecule has 6 heteroatoms. The molecule has 2 N–H and O–H groups in total. The van der Waals surface area contributed by atoms with Crippen LogP contribution in [0, 0.1) is 5.82 Å². The van der Waals surface area contributed by atoms with Crippen LogP contribution < -0.4 is 10.1 Å². The topological polar surface area (TPSA) is 75.6 Å². The Morgan fingerprint density at radius 2 is 2.16 bits per heavy atom. The van der Waals surface area contributed by atoms with Crippen LogP contribution in [0.1, 0.15) is 18.9 Å². The lowest BCUT2D eigenvalue weighted by atomic mass is 10.1. The number of methoxy groups -OCH3 is 1. The van der Waals surface area contributed by atoms with E-state index in [9.17, 15) is 14.0 Å². The summed E-state index contributed by atoms with van der Waals surface area (Å²) in [6.07, 6.45) is 0.197. The van der Waals surface area contributed by atoms with E-state index in [0.29, 0.717) is 5.56 Å². The van der Waals surface area contributed by atoms with Gasteiger partial charge in [0.1, 0.15) is 6.04 Å². The number of carbonyl (C=O) groups excluding carboxylic acids is 1. The molecule has 104 valence electrons. The lowest BCUT2D eigenvalue weighted by molar-refractivity contribution is -0.141. The fourth-order valence-electron chi connectivity index (χ4n) is 1.53. The lowest BCUT2D eigenvalue weighted by Crippen LogP contribution is -2.38. The van der Waals surface area contributed by atoms with Crippen LogP contribution >= 0.6 is 0 Å². The molecule has 0 radical (unpaired) electrons. The third kappa shape index (κ3) is 4.24. The third-order valence-corrected chi connectivity index (χ3v) is 2.63. The van der Waals surface area contributed by atoms with E-state index in [0.717, 1.165) is 0 Å². The molecule has 0 aliphatic heterocycles. The van der Waals surface area contributed by atoms with Crippen LogP contribution in [-0.2, 0) is 16.0 Å². The van der Waals surface area contributed by atoms with E-state index < -0.39 is 23.7 Å². The molecule has 1 rings (SSSR count).